The average Bonchev–Trinajstić information content (AvgIpc) is 2.56. The van der Waals surface area contributed by atoms with E-state index in [9.17, 15) is 0 Å². The molecule has 1 aliphatic carbocycles. The first kappa shape index (κ1) is 14.9. The van der Waals surface area contributed by atoms with Crippen molar-refractivity contribution in [3.05, 3.63) is 64.7 Å². The van der Waals surface area contributed by atoms with Crippen LogP contribution in [0.15, 0.2) is 48.5 Å². The first-order valence-electron chi connectivity index (χ1n) is 7.69. The van der Waals surface area contributed by atoms with Crippen LogP contribution >= 0.6 is 11.6 Å². The predicted octanol–water partition coefficient (Wildman–Crippen LogP) is 5.32. The van der Waals surface area contributed by atoms with Crippen LogP contribution in [0, 0.1) is 11.3 Å². The number of hydrogen-bond acceptors (Lipinski definition) is 2. The molecule has 2 aromatic rings. The maximum Gasteiger partial charge on any atom is 0.121 e. The second-order valence-corrected chi connectivity index (χ2v) is 6.12. The minimum Gasteiger partial charge on any atom is -0.490 e. The van der Waals surface area contributed by atoms with Gasteiger partial charge in [-0.3, -0.25) is 0 Å². The van der Waals surface area contributed by atoms with Crippen molar-refractivity contribution in [2.45, 2.75) is 37.7 Å². The maximum atomic E-state index is 8.95. The van der Waals surface area contributed by atoms with Crippen LogP contribution in [0.25, 0.3) is 0 Å². The zero-order valence-corrected chi connectivity index (χ0v) is 13.1. The van der Waals surface area contributed by atoms with E-state index in [1.807, 2.05) is 12.1 Å². The SMILES string of the molecule is N#Cc1ccc(O[C@H]2CCCC[C@@H]2c2ccccc2)cc1Cl. The Hall–Kier alpha value is -1.98. The van der Waals surface area contributed by atoms with E-state index in [1.54, 1.807) is 12.1 Å². The van der Waals surface area contributed by atoms with Gasteiger partial charge in [0.2, 0.25) is 0 Å². The van der Waals surface area contributed by atoms with Gasteiger partial charge in [0.25, 0.3) is 0 Å². The van der Waals surface area contributed by atoms with Crippen LogP contribution < -0.4 is 4.74 Å². The quantitative estimate of drug-likeness (QED) is 0.769. The molecule has 0 aliphatic heterocycles. The minimum atomic E-state index is 0.167. The summed E-state index contributed by atoms with van der Waals surface area (Å²) in [5.41, 5.74) is 1.82. The van der Waals surface area contributed by atoms with E-state index in [4.69, 9.17) is 21.6 Å². The molecule has 0 bridgehead atoms. The fourth-order valence-corrected chi connectivity index (χ4v) is 3.37. The lowest BCUT2D eigenvalue weighted by Gasteiger charge is -2.32. The Morgan fingerprint density at radius 3 is 2.55 bits per heavy atom. The van der Waals surface area contributed by atoms with E-state index in [2.05, 4.69) is 30.3 Å². The molecule has 112 valence electrons. The molecule has 2 atom stereocenters. The van der Waals surface area contributed by atoms with Gasteiger partial charge in [0.1, 0.15) is 17.9 Å². The van der Waals surface area contributed by atoms with Gasteiger partial charge in [-0.05, 0) is 37.0 Å². The Morgan fingerprint density at radius 2 is 1.82 bits per heavy atom. The normalized spacial score (nSPS) is 21.1. The number of hydrogen-bond donors (Lipinski definition) is 0. The van der Waals surface area contributed by atoms with Gasteiger partial charge in [-0.1, -0.05) is 48.4 Å². The molecule has 1 fully saturated rings. The Balaban J connectivity index is 1.80. The van der Waals surface area contributed by atoms with Gasteiger partial charge in [-0.15, -0.1) is 0 Å². The third kappa shape index (κ3) is 3.26. The van der Waals surface area contributed by atoms with Gasteiger partial charge in [0.15, 0.2) is 0 Å². The molecule has 3 heteroatoms. The van der Waals surface area contributed by atoms with Crippen LogP contribution in [0.3, 0.4) is 0 Å². The highest BCUT2D eigenvalue weighted by Crippen LogP contribution is 2.36. The van der Waals surface area contributed by atoms with E-state index >= 15 is 0 Å². The Labute approximate surface area is 136 Å². The molecule has 22 heavy (non-hydrogen) atoms. The molecule has 2 nitrogen and oxygen atoms in total. The third-order valence-corrected chi connectivity index (χ3v) is 4.59. The van der Waals surface area contributed by atoms with Crippen LogP contribution in [-0.2, 0) is 0 Å². The van der Waals surface area contributed by atoms with Gasteiger partial charge in [-0.2, -0.15) is 5.26 Å². The van der Waals surface area contributed by atoms with Crippen molar-refractivity contribution in [3.63, 3.8) is 0 Å². The van der Waals surface area contributed by atoms with Gasteiger partial charge in [0.05, 0.1) is 10.6 Å². The highest BCUT2D eigenvalue weighted by molar-refractivity contribution is 6.31. The van der Waals surface area contributed by atoms with Crippen molar-refractivity contribution in [1.29, 1.82) is 5.26 Å². The molecule has 0 amide bonds. The van der Waals surface area contributed by atoms with Gasteiger partial charge in [0, 0.05) is 12.0 Å². The summed E-state index contributed by atoms with van der Waals surface area (Å²) in [6.07, 6.45) is 4.81. The fourth-order valence-electron chi connectivity index (χ4n) is 3.15. The summed E-state index contributed by atoms with van der Waals surface area (Å²) < 4.78 is 6.21. The smallest absolute Gasteiger partial charge is 0.121 e. The third-order valence-electron chi connectivity index (χ3n) is 4.28. The minimum absolute atomic E-state index is 0.167. The summed E-state index contributed by atoms with van der Waals surface area (Å²) >= 11 is 6.10. The molecule has 0 radical (unpaired) electrons. The molecule has 0 heterocycles. The zero-order chi connectivity index (χ0) is 15.4. The molecular formula is C19H18ClNO. The second-order valence-electron chi connectivity index (χ2n) is 5.71. The number of nitrogens with zero attached hydrogens (tertiary/aromatic N) is 1. The topological polar surface area (TPSA) is 33.0 Å². The molecule has 0 N–H and O–H groups in total. The van der Waals surface area contributed by atoms with Crippen LogP contribution in [-0.4, -0.2) is 6.10 Å². The number of ether oxygens (including phenoxy) is 1. The summed E-state index contributed by atoms with van der Waals surface area (Å²) in [5.74, 6) is 1.17. The summed E-state index contributed by atoms with van der Waals surface area (Å²) in [7, 11) is 0. The van der Waals surface area contributed by atoms with E-state index < -0.39 is 0 Å². The first-order valence-corrected chi connectivity index (χ1v) is 8.07. The largest absolute Gasteiger partial charge is 0.490 e. The standard InChI is InChI=1S/C19H18ClNO/c20-18-12-16(11-10-15(18)13-21)22-19-9-5-4-8-17(19)14-6-2-1-3-7-14/h1-3,6-7,10-12,17,19H,4-5,8-9H2/t17-,19+/m1/s1. The van der Waals surface area contributed by atoms with E-state index in [0.29, 0.717) is 16.5 Å². The van der Waals surface area contributed by atoms with Crippen LogP contribution in [0.2, 0.25) is 5.02 Å². The number of rotatable bonds is 3. The van der Waals surface area contributed by atoms with Crippen molar-refractivity contribution < 1.29 is 4.74 Å². The number of benzene rings is 2. The number of halogens is 1. The summed E-state index contributed by atoms with van der Waals surface area (Å²) in [4.78, 5) is 0. The highest BCUT2D eigenvalue weighted by atomic mass is 35.5. The lowest BCUT2D eigenvalue weighted by molar-refractivity contribution is 0.130. The molecular weight excluding hydrogens is 294 g/mol. The average molecular weight is 312 g/mol. The zero-order valence-electron chi connectivity index (χ0n) is 12.3. The van der Waals surface area contributed by atoms with E-state index in [0.717, 1.165) is 18.6 Å². The van der Waals surface area contributed by atoms with Crippen LogP contribution in [0.1, 0.15) is 42.7 Å². The molecule has 0 saturated heterocycles. The second kappa shape index (κ2) is 6.85. The number of nitriles is 1. The molecule has 1 saturated carbocycles. The summed E-state index contributed by atoms with van der Waals surface area (Å²) in [5, 5.41) is 9.40. The van der Waals surface area contributed by atoms with Crippen molar-refractivity contribution in [2.75, 3.05) is 0 Å². The predicted molar refractivity (Wildman–Crippen MR) is 88.2 cm³/mol. The van der Waals surface area contributed by atoms with Crippen molar-refractivity contribution in [1.82, 2.24) is 0 Å². The summed E-state index contributed by atoms with van der Waals surface area (Å²) in [6.45, 7) is 0. The lowest BCUT2D eigenvalue weighted by atomic mass is 9.81. The molecule has 2 aromatic carbocycles. The molecule has 0 spiro atoms. The fraction of sp³-hybridized carbons (Fsp3) is 0.316. The Kier molecular flexibility index (Phi) is 4.65. The Bertz CT molecular complexity index is 678. The molecule has 0 aromatic heterocycles. The lowest BCUT2D eigenvalue weighted by Crippen LogP contribution is -2.28. The van der Waals surface area contributed by atoms with Crippen molar-refractivity contribution >= 4 is 11.6 Å². The van der Waals surface area contributed by atoms with E-state index in [-0.39, 0.29) is 6.10 Å². The van der Waals surface area contributed by atoms with Crippen molar-refractivity contribution in [3.8, 4) is 11.8 Å². The monoisotopic (exact) mass is 311 g/mol. The maximum absolute atomic E-state index is 8.95. The first-order chi connectivity index (χ1) is 10.8. The van der Waals surface area contributed by atoms with Gasteiger partial charge in [-0.25, -0.2) is 0 Å². The Morgan fingerprint density at radius 1 is 1.05 bits per heavy atom. The van der Waals surface area contributed by atoms with Crippen molar-refractivity contribution in [2.24, 2.45) is 0 Å². The van der Waals surface area contributed by atoms with E-state index in [1.165, 1.54) is 18.4 Å². The molecule has 3 rings (SSSR count). The van der Waals surface area contributed by atoms with Gasteiger partial charge >= 0.3 is 0 Å². The van der Waals surface area contributed by atoms with Gasteiger partial charge < -0.3 is 4.74 Å². The van der Waals surface area contributed by atoms with Crippen LogP contribution in [0.5, 0.6) is 5.75 Å². The summed E-state index contributed by atoms with van der Waals surface area (Å²) in [6, 6.07) is 17.9. The molecule has 0 unspecified atom stereocenters. The molecule has 1 aliphatic rings. The highest BCUT2D eigenvalue weighted by Gasteiger charge is 2.28. The van der Waals surface area contributed by atoms with Crippen LogP contribution in [0.4, 0.5) is 0 Å².